The first-order valence-electron chi connectivity index (χ1n) is 6.45. The minimum atomic E-state index is -0.302. The lowest BCUT2D eigenvalue weighted by atomic mass is 9.74. The van der Waals surface area contributed by atoms with Crippen molar-refractivity contribution in [3.8, 4) is 6.07 Å². The monoisotopic (exact) mass is 239 g/mol. The summed E-state index contributed by atoms with van der Waals surface area (Å²) in [4.78, 5) is 3.25. The van der Waals surface area contributed by atoms with Crippen LogP contribution in [0.15, 0.2) is 24.4 Å². The Balaban J connectivity index is 2.12. The van der Waals surface area contributed by atoms with Crippen LogP contribution in [0.25, 0.3) is 10.9 Å². The van der Waals surface area contributed by atoms with Gasteiger partial charge >= 0.3 is 0 Å². The van der Waals surface area contributed by atoms with Crippen molar-refractivity contribution in [2.75, 3.05) is 13.1 Å². The smallest absolute Gasteiger partial charge is 0.0846 e. The first-order chi connectivity index (χ1) is 8.75. The maximum atomic E-state index is 9.60. The topological polar surface area (TPSA) is 51.6 Å². The van der Waals surface area contributed by atoms with Gasteiger partial charge in [0.15, 0.2) is 0 Å². The Labute approximate surface area is 107 Å². The first-order valence-corrected chi connectivity index (χ1v) is 6.45. The Morgan fingerprint density at radius 2 is 2.06 bits per heavy atom. The highest BCUT2D eigenvalue weighted by Gasteiger charge is 2.34. The molecule has 0 bridgehead atoms. The van der Waals surface area contributed by atoms with Gasteiger partial charge in [-0.05, 0) is 56.1 Å². The average Bonchev–Trinajstić information content (AvgIpc) is 2.81. The fourth-order valence-electron chi connectivity index (χ4n) is 2.88. The van der Waals surface area contributed by atoms with Gasteiger partial charge in [0.05, 0.1) is 11.5 Å². The number of nitriles is 1. The molecule has 18 heavy (non-hydrogen) atoms. The molecule has 1 saturated heterocycles. The zero-order chi connectivity index (χ0) is 12.6. The van der Waals surface area contributed by atoms with E-state index in [0.717, 1.165) is 31.4 Å². The lowest BCUT2D eigenvalue weighted by Gasteiger charge is -2.31. The fraction of sp³-hybridized carbons (Fsp3) is 0.400. The fourth-order valence-corrected chi connectivity index (χ4v) is 2.88. The lowest BCUT2D eigenvalue weighted by molar-refractivity contribution is 0.383. The summed E-state index contributed by atoms with van der Waals surface area (Å²) in [5, 5.41) is 14.2. The Bertz CT molecular complexity index is 612. The maximum absolute atomic E-state index is 9.60. The van der Waals surface area contributed by atoms with E-state index >= 15 is 0 Å². The number of benzene rings is 1. The molecule has 0 atom stereocenters. The van der Waals surface area contributed by atoms with Gasteiger partial charge in [-0.25, -0.2) is 0 Å². The second-order valence-electron chi connectivity index (χ2n) is 5.18. The number of nitrogens with zero attached hydrogens (tertiary/aromatic N) is 1. The molecule has 0 unspecified atom stereocenters. The van der Waals surface area contributed by atoms with Crippen LogP contribution in [-0.4, -0.2) is 18.1 Å². The van der Waals surface area contributed by atoms with E-state index in [1.54, 1.807) is 0 Å². The van der Waals surface area contributed by atoms with Gasteiger partial charge in [0.1, 0.15) is 0 Å². The van der Waals surface area contributed by atoms with E-state index < -0.39 is 0 Å². The summed E-state index contributed by atoms with van der Waals surface area (Å²) >= 11 is 0. The predicted molar refractivity (Wildman–Crippen MR) is 72.4 cm³/mol. The van der Waals surface area contributed by atoms with Crippen molar-refractivity contribution in [2.24, 2.45) is 0 Å². The molecule has 0 amide bonds. The number of aromatic amines is 1. The number of rotatable bonds is 1. The van der Waals surface area contributed by atoms with Crippen LogP contribution in [0, 0.1) is 18.3 Å². The van der Waals surface area contributed by atoms with Crippen molar-refractivity contribution in [2.45, 2.75) is 25.2 Å². The SMILES string of the molecule is Cc1c[nH]c2ccc(C3(C#N)CCNCC3)cc12. The van der Waals surface area contributed by atoms with Crippen LogP contribution in [0.1, 0.15) is 24.0 Å². The van der Waals surface area contributed by atoms with E-state index in [-0.39, 0.29) is 5.41 Å². The molecule has 0 spiro atoms. The van der Waals surface area contributed by atoms with Crippen molar-refractivity contribution in [3.63, 3.8) is 0 Å². The second-order valence-corrected chi connectivity index (χ2v) is 5.18. The molecule has 3 rings (SSSR count). The third-order valence-electron chi connectivity index (χ3n) is 4.11. The number of piperidine rings is 1. The maximum Gasteiger partial charge on any atom is 0.0846 e. The van der Waals surface area contributed by atoms with Crippen LogP contribution in [0.2, 0.25) is 0 Å². The van der Waals surface area contributed by atoms with Crippen LogP contribution >= 0.6 is 0 Å². The van der Waals surface area contributed by atoms with Gasteiger partial charge in [-0.3, -0.25) is 0 Å². The zero-order valence-electron chi connectivity index (χ0n) is 10.6. The Hall–Kier alpha value is -1.79. The molecule has 0 saturated carbocycles. The highest BCUT2D eigenvalue weighted by molar-refractivity contribution is 5.84. The molecule has 0 radical (unpaired) electrons. The highest BCUT2D eigenvalue weighted by atomic mass is 14.9. The van der Waals surface area contributed by atoms with Crippen LogP contribution in [0.3, 0.4) is 0 Å². The predicted octanol–water partition coefficient (Wildman–Crippen LogP) is 2.62. The molecule has 1 aliphatic rings. The minimum absolute atomic E-state index is 0.302. The van der Waals surface area contributed by atoms with E-state index in [1.807, 2.05) is 6.20 Å². The van der Waals surface area contributed by atoms with E-state index in [4.69, 9.17) is 0 Å². The van der Waals surface area contributed by atoms with Crippen molar-refractivity contribution in [3.05, 3.63) is 35.5 Å². The molecule has 1 aromatic carbocycles. The Morgan fingerprint density at radius 3 is 2.78 bits per heavy atom. The van der Waals surface area contributed by atoms with Crippen LogP contribution in [-0.2, 0) is 5.41 Å². The molecule has 3 nitrogen and oxygen atoms in total. The number of fused-ring (bicyclic) bond motifs is 1. The summed E-state index contributed by atoms with van der Waals surface area (Å²) in [7, 11) is 0. The molecule has 92 valence electrons. The highest BCUT2D eigenvalue weighted by Crippen LogP contribution is 2.34. The minimum Gasteiger partial charge on any atom is -0.361 e. The van der Waals surface area contributed by atoms with Crippen LogP contribution in [0.5, 0.6) is 0 Å². The van der Waals surface area contributed by atoms with E-state index in [0.29, 0.717) is 0 Å². The molecular weight excluding hydrogens is 222 g/mol. The third-order valence-corrected chi connectivity index (χ3v) is 4.11. The van der Waals surface area contributed by atoms with Gasteiger partial charge in [0, 0.05) is 17.1 Å². The van der Waals surface area contributed by atoms with Crippen molar-refractivity contribution < 1.29 is 0 Å². The normalized spacial score (nSPS) is 18.7. The molecule has 1 fully saturated rings. The van der Waals surface area contributed by atoms with Gasteiger partial charge in [0.2, 0.25) is 0 Å². The van der Waals surface area contributed by atoms with Gasteiger partial charge in [-0.2, -0.15) is 5.26 Å². The summed E-state index contributed by atoms with van der Waals surface area (Å²) in [6.07, 6.45) is 3.83. The third kappa shape index (κ3) is 1.61. The number of aromatic nitrogens is 1. The van der Waals surface area contributed by atoms with E-state index in [9.17, 15) is 5.26 Å². The van der Waals surface area contributed by atoms with Crippen molar-refractivity contribution >= 4 is 10.9 Å². The van der Waals surface area contributed by atoms with E-state index in [2.05, 4.69) is 41.5 Å². The summed E-state index contributed by atoms with van der Waals surface area (Å²) < 4.78 is 0. The average molecular weight is 239 g/mol. The largest absolute Gasteiger partial charge is 0.361 e. The van der Waals surface area contributed by atoms with Crippen LogP contribution < -0.4 is 5.32 Å². The summed E-state index contributed by atoms with van der Waals surface area (Å²) in [6, 6.07) is 8.95. The van der Waals surface area contributed by atoms with E-state index in [1.165, 1.54) is 16.5 Å². The van der Waals surface area contributed by atoms with Crippen molar-refractivity contribution in [1.29, 1.82) is 5.26 Å². The Morgan fingerprint density at radius 1 is 1.28 bits per heavy atom. The molecule has 1 aliphatic heterocycles. The van der Waals surface area contributed by atoms with Crippen molar-refractivity contribution in [1.82, 2.24) is 10.3 Å². The number of aryl methyl sites for hydroxylation is 1. The van der Waals surface area contributed by atoms with Gasteiger partial charge in [-0.15, -0.1) is 0 Å². The summed E-state index contributed by atoms with van der Waals surface area (Å²) in [6.45, 7) is 3.96. The van der Waals surface area contributed by atoms with Gasteiger partial charge in [0.25, 0.3) is 0 Å². The molecule has 2 aromatic rings. The standard InChI is InChI=1S/C15H17N3/c1-11-9-18-14-3-2-12(8-13(11)14)15(10-16)4-6-17-7-5-15/h2-3,8-9,17-18H,4-7H2,1H3. The van der Waals surface area contributed by atoms with Gasteiger partial charge < -0.3 is 10.3 Å². The molecular formula is C15H17N3. The molecule has 1 aromatic heterocycles. The number of nitrogens with one attached hydrogen (secondary N) is 2. The zero-order valence-corrected chi connectivity index (χ0v) is 10.6. The first kappa shape index (κ1) is 11.3. The Kier molecular flexibility index (Phi) is 2.61. The number of H-pyrrole nitrogens is 1. The molecule has 0 aliphatic carbocycles. The quantitative estimate of drug-likeness (QED) is 0.803. The van der Waals surface area contributed by atoms with Gasteiger partial charge in [-0.1, -0.05) is 6.07 Å². The van der Waals surface area contributed by atoms with Crippen LogP contribution in [0.4, 0.5) is 0 Å². The lowest BCUT2D eigenvalue weighted by Crippen LogP contribution is -2.38. The molecule has 2 heterocycles. The molecule has 2 N–H and O–H groups in total. The molecule has 3 heteroatoms. The number of hydrogen-bond acceptors (Lipinski definition) is 2. The summed E-state index contributed by atoms with van der Waals surface area (Å²) in [5.41, 5.74) is 3.26. The number of hydrogen-bond donors (Lipinski definition) is 2. The second kappa shape index (κ2) is 4.15. The summed E-state index contributed by atoms with van der Waals surface area (Å²) in [5.74, 6) is 0.